The molecule has 16 heavy (non-hydrogen) atoms. The molecule has 1 N–H and O–H groups in total. The molecule has 0 spiro atoms. The third kappa shape index (κ3) is 2.49. The van der Waals surface area contributed by atoms with Gasteiger partial charge < -0.3 is 9.73 Å². The van der Waals surface area contributed by atoms with E-state index in [1.54, 1.807) is 0 Å². The number of aryl methyl sites for hydroxylation is 2. The quantitative estimate of drug-likeness (QED) is 0.819. The van der Waals surface area contributed by atoms with E-state index in [9.17, 15) is 0 Å². The second kappa shape index (κ2) is 4.62. The van der Waals surface area contributed by atoms with E-state index in [2.05, 4.69) is 32.2 Å². The minimum atomic E-state index is 0.406. The van der Waals surface area contributed by atoms with Crippen LogP contribution in [-0.4, -0.2) is 6.04 Å². The van der Waals surface area contributed by atoms with Gasteiger partial charge >= 0.3 is 0 Å². The van der Waals surface area contributed by atoms with E-state index in [1.807, 2.05) is 6.92 Å². The van der Waals surface area contributed by atoms with Crippen molar-refractivity contribution in [2.45, 2.75) is 59.0 Å². The van der Waals surface area contributed by atoms with Gasteiger partial charge in [0.15, 0.2) is 0 Å². The molecular formula is C14H23NO. The highest BCUT2D eigenvalue weighted by Gasteiger charge is 2.31. The summed E-state index contributed by atoms with van der Waals surface area (Å²) in [4.78, 5) is 0. The van der Waals surface area contributed by atoms with E-state index in [0.29, 0.717) is 12.1 Å². The topological polar surface area (TPSA) is 25.2 Å². The van der Waals surface area contributed by atoms with Gasteiger partial charge in [-0.3, -0.25) is 0 Å². The van der Waals surface area contributed by atoms with E-state index >= 15 is 0 Å². The first-order chi connectivity index (χ1) is 7.61. The number of nitrogens with one attached hydrogen (secondary N) is 1. The van der Waals surface area contributed by atoms with Gasteiger partial charge in [-0.1, -0.05) is 6.92 Å². The number of rotatable bonds is 5. The zero-order valence-electron chi connectivity index (χ0n) is 10.8. The van der Waals surface area contributed by atoms with Gasteiger partial charge in [0, 0.05) is 17.6 Å². The fourth-order valence-electron chi connectivity index (χ4n) is 2.58. The van der Waals surface area contributed by atoms with Gasteiger partial charge in [0.05, 0.1) is 0 Å². The van der Waals surface area contributed by atoms with Gasteiger partial charge in [0.1, 0.15) is 11.5 Å². The lowest BCUT2D eigenvalue weighted by atomic mass is 10.0. The number of furan rings is 1. The lowest BCUT2D eigenvalue weighted by molar-refractivity contribution is 0.400. The normalized spacial score (nSPS) is 19.8. The molecule has 2 nitrogen and oxygen atoms in total. The summed E-state index contributed by atoms with van der Waals surface area (Å²) in [5.41, 5.74) is 1.32. The van der Waals surface area contributed by atoms with Crippen LogP contribution in [0.3, 0.4) is 0 Å². The molecule has 0 saturated heterocycles. The summed E-state index contributed by atoms with van der Waals surface area (Å²) in [5.74, 6) is 2.99. The fraction of sp³-hybridized carbons (Fsp3) is 0.714. The molecule has 1 heterocycles. The first-order valence-corrected chi connectivity index (χ1v) is 6.44. The van der Waals surface area contributed by atoms with Crippen molar-refractivity contribution < 1.29 is 4.42 Å². The molecule has 90 valence electrons. The van der Waals surface area contributed by atoms with E-state index in [-0.39, 0.29) is 0 Å². The van der Waals surface area contributed by atoms with Crippen LogP contribution in [-0.2, 0) is 0 Å². The Bertz CT molecular complexity index is 352. The zero-order valence-corrected chi connectivity index (χ0v) is 10.8. The standard InChI is InChI=1S/C14H23NO/c1-5-14(12-6-7-12)15-10(3)13-8-9(2)16-11(13)4/h8,10,12,14-15H,5-7H2,1-4H3. The monoisotopic (exact) mass is 221 g/mol. The molecular weight excluding hydrogens is 198 g/mol. The van der Waals surface area contributed by atoms with E-state index in [4.69, 9.17) is 4.42 Å². The van der Waals surface area contributed by atoms with Crippen molar-refractivity contribution in [1.82, 2.24) is 5.32 Å². The van der Waals surface area contributed by atoms with Gasteiger partial charge in [-0.05, 0) is 52.0 Å². The Morgan fingerprint density at radius 2 is 2.12 bits per heavy atom. The second-order valence-corrected chi connectivity index (χ2v) is 5.11. The van der Waals surface area contributed by atoms with Crippen molar-refractivity contribution in [3.63, 3.8) is 0 Å². The van der Waals surface area contributed by atoms with Crippen LogP contribution in [0.25, 0.3) is 0 Å². The van der Waals surface area contributed by atoms with Gasteiger partial charge in [-0.15, -0.1) is 0 Å². The van der Waals surface area contributed by atoms with Crippen molar-refractivity contribution in [3.05, 3.63) is 23.2 Å². The third-order valence-electron chi connectivity index (χ3n) is 3.64. The van der Waals surface area contributed by atoms with Crippen LogP contribution in [0.15, 0.2) is 10.5 Å². The summed E-state index contributed by atoms with van der Waals surface area (Å²) >= 11 is 0. The Balaban J connectivity index is 2.01. The second-order valence-electron chi connectivity index (χ2n) is 5.11. The number of hydrogen-bond acceptors (Lipinski definition) is 2. The Labute approximate surface area is 98.4 Å². The van der Waals surface area contributed by atoms with Crippen LogP contribution in [0.4, 0.5) is 0 Å². The summed E-state index contributed by atoms with van der Waals surface area (Å²) in [6.07, 6.45) is 4.04. The average Bonchev–Trinajstić information content (AvgIpc) is 3.01. The van der Waals surface area contributed by atoms with Gasteiger partial charge in [-0.25, -0.2) is 0 Å². The largest absolute Gasteiger partial charge is 0.466 e. The van der Waals surface area contributed by atoms with Crippen LogP contribution >= 0.6 is 0 Å². The lowest BCUT2D eigenvalue weighted by Gasteiger charge is -2.21. The van der Waals surface area contributed by atoms with Crippen molar-refractivity contribution in [1.29, 1.82) is 0 Å². The summed E-state index contributed by atoms with van der Waals surface area (Å²) in [5, 5.41) is 3.74. The van der Waals surface area contributed by atoms with Gasteiger partial charge in [0.25, 0.3) is 0 Å². The Hall–Kier alpha value is -0.760. The van der Waals surface area contributed by atoms with Crippen LogP contribution < -0.4 is 5.32 Å². The third-order valence-corrected chi connectivity index (χ3v) is 3.64. The van der Waals surface area contributed by atoms with Crippen LogP contribution in [0.2, 0.25) is 0 Å². The predicted octanol–water partition coefficient (Wildman–Crippen LogP) is 3.74. The zero-order chi connectivity index (χ0) is 11.7. The smallest absolute Gasteiger partial charge is 0.105 e. The van der Waals surface area contributed by atoms with Crippen LogP contribution in [0.1, 0.15) is 56.2 Å². The first kappa shape index (κ1) is 11.7. The van der Waals surface area contributed by atoms with Crippen molar-refractivity contribution in [3.8, 4) is 0 Å². The van der Waals surface area contributed by atoms with Gasteiger partial charge in [-0.2, -0.15) is 0 Å². The lowest BCUT2D eigenvalue weighted by Crippen LogP contribution is -2.32. The molecule has 1 aromatic rings. The minimum absolute atomic E-state index is 0.406. The van der Waals surface area contributed by atoms with Gasteiger partial charge in [0.2, 0.25) is 0 Å². The highest BCUT2D eigenvalue weighted by Crippen LogP contribution is 2.35. The van der Waals surface area contributed by atoms with Crippen molar-refractivity contribution in [2.24, 2.45) is 5.92 Å². The summed E-state index contributed by atoms with van der Waals surface area (Å²) in [7, 11) is 0. The molecule has 2 heteroatoms. The highest BCUT2D eigenvalue weighted by molar-refractivity contribution is 5.23. The molecule has 1 saturated carbocycles. The maximum absolute atomic E-state index is 5.59. The maximum Gasteiger partial charge on any atom is 0.105 e. The Morgan fingerprint density at radius 3 is 2.56 bits per heavy atom. The van der Waals surface area contributed by atoms with Crippen molar-refractivity contribution >= 4 is 0 Å². The molecule has 2 atom stereocenters. The van der Waals surface area contributed by atoms with E-state index < -0.39 is 0 Å². The number of hydrogen-bond donors (Lipinski definition) is 1. The van der Waals surface area contributed by atoms with Crippen molar-refractivity contribution in [2.75, 3.05) is 0 Å². The molecule has 1 fully saturated rings. The average molecular weight is 221 g/mol. The molecule has 2 unspecified atom stereocenters. The molecule has 0 bridgehead atoms. The summed E-state index contributed by atoms with van der Waals surface area (Å²) in [6, 6.07) is 3.25. The Kier molecular flexibility index (Phi) is 3.38. The van der Waals surface area contributed by atoms with Crippen LogP contribution in [0, 0.1) is 19.8 Å². The SMILES string of the molecule is CCC(NC(C)c1cc(C)oc1C)C1CC1. The Morgan fingerprint density at radius 1 is 1.44 bits per heavy atom. The van der Waals surface area contributed by atoms with Crippen LogP contribution in [0.5, 0.6) is 0 Å². The molecule has 1 aromatic heterocycles. The molecule has 1 aliphatic carbocycles. The first-order valence-electron chi connectivity index (χ1n) is 6.44. The summed E-state index contributed by atoms with van der Waals surface area (Å²) in [6.45, 7) is 8.58. The molecule has 2 rings (SSSR count). The van der Waals surface area contributed by atoms with E-state index in [0.717, 1.165) is 17.4 Å². The molecule has 0 radical (unpaired) electrons. The fourth-order valence-corrected chi connectivity index (χ4v) is 2.58. The van der Waals surface area contributed by atoms with E-state index in [1.165, 1.54) is 24.8 Å². The summed E-state index contributed by atoms with van der Waals surface area (Å²) < 4.78 is 5.59. The highest BCUT2D eigenvalue weighted by atomic mass is 16.3. The minimum Gasteiger partial charge on any atom is -0.466 e. The molecule has 0 amide bonds. The molecule has 0 aromatic carbocycles. The maximum atomic E-state index is 5.59. The molecule has 0 aliphatic heterocycles. The predicted molar refractivity (Wildman–Crippen MR) is 66.5 cm³/mol. The molecule has 1 aliphatic rings.